The van der Waals surface area contributed by atoms with E-state index in [9.17, 15) is 19.8 Å². The number of aliphatic carboxylic acids is 1. The topological polar surface area (TPSA) is 79.5 Å². The number of phenols is 1. The van der Waals surface area contributed by atoms with Crippen molar-refractivity contribution in [2.45, 2.75) is 45.4 Å². The number of carboxylic acid groups (broad SMARTS) is 1. The molecule has 29 heavy (non-hydrogen) atoms. The monoisotopic (exact) mass is 413 g/mol. The third kappa shape index (κ3) is 4.15. The Bertz CT molecular complexity index is 1050. The minimum absolute atomic E-state index is 0.0348. The number of halogens is 1. The number of aromatic hydroxyl groups is 1. The Labute approximate surface area is 174 Å². The van der Waals surface area contributed by atoms with Crippen LogP contribution in [0.4, 0.5) is 0 Å². The Morgan fingerprint density at radius 1 is 1.10 bits per heavy atom. The number of aromatic nitrogens is 1. The number of phenolic OH excluding ortho intramolecular Hbond substituents is 1. The lowest BCUT2D eigenvalue weighted by Gasteiger charge is -2.14. The zero-order chi connectivity index (χ0) is 21.1. The first-order valence-electron chi connectivity index (χ1n) is 9.72. The van der Waals surface area contributed by atoms with Crippen LogP contribution in [0.5, 0.6) is 5.75 Å². The second-order valence-corrected chi connectivity index (χ2v) is 7.67. The van der Waals surface area contributed by atoms with E-state index in [2.05, 4.69) is 6.92 Å². The summed E-state index contributed by atoms with van der Waals surface area (Å²) in [5.74, 6) is -1.90. The zero-order valence-corrected chi connectivity index (χ0v) is 17.2. The molecule has 0 bridgehead atoms. The fourth-order valence-electron chi connectivity index (χ4n) is 3.84. The Kier molecular flexibility index (Phi) is 6.28. The fourth-order valence-corrected chi connectivity index (χ4v) is 3.97. The van der Waals surface area contributed by atoms with E-state index in [0.717, 1.165) is 19.3 Å². The second-order valence-electron chi connectivity index (χ2n) is 7.23. The van der Waals surface area contributed by atoms with Gasteiger partial charge < -0.3 is 10.2 Å². The highest BCUT2D eigenvalue weighted by molar-refractivity contribution is 6.30. The summed E-state index contributed by atoms with van der Waals surface area (Å²) in [7, 11) is 0. The van der Waals surface area contributed by atoms with Crippen LogP contribution >= 0.6 is 11.6 Å². The van der Waals surface area contributed by atoms with Crippen molar-refractivity contribution in [3.8, 4) is 5.75 Å². The van der Waals surface area contributed by atoms with E-state index in [1.165, 1.54) is 10.6 Å². The van der Waals surface area contributed by atoms with Gasteiger partial charge in [0.15, 0.2) is 0 Å². The van der Waals surface area contributed by atoms with Gasteiger partial charge in [0.1, 0.15) is 5.75 Å². The standard InChI is InChI=1S/C23H24ClNO4/c1-3-4-5-6-18(23(28)29)21-14(2)25(20-12-11-17(26)13-19(20)21)22(27)15-7-9-16(24)10-8-15/h7-13,18,26H,3-6H2,1-2H3,(H,28,29)/t18-/m1/s1. The average molecular weight is 414 g/mol. The van der Waals surface area contributed by atoms with Crippen LogP contribution in [0.3, 0.4) is 0 Å². The van der Waals surface area contributed by atoms with Gasteiger partial charge in [-0.05, 0) is 61.4 Å². The summed E-state index contributed by atoms with van der Waals surface area (Å²) in [5.41, 5.74) is 2.19. The molecule has 6 heteroatoms. The predicted molar refractivity (Wildman–Crippen MR) is 114 cm³/mol. The third-order valence-electron chi connectivity index (χ3n) is 5.27. The molecule has 0 amide bonds. The minimum atomic E-state index is -0.925. The van der Waals surface area contributed by atoms with Crippen LogP contribution in [0.15, 0.2) is 42.5 Å². The first-order chi connectivity index (χ1) is 13.8. The normalized spacial score (nSPS) is 12.2. The van der Waals surface area contributed by atoms with E-state index in [1.54, 1.807) is 43.3 Å². The second kappa shape index (κ2) is 8.70. The van der Waals surface area contributed by atoms with E-state index in [-0.39, 0.29) is 11.7 Å². The average Bonchev–Trinajstić information content (AvgIpc) is 2.96. The van der Waals surface area contributed by atoms with Crippen LogP contribution in [0.25, 0.3) is 10.9 Å². The number of nitrogens with zero attached hydrogens (tertiary/aromatic N) is 1. The lowest BCUT2D eigenvalue weighted by atomic mass is 9.91. The fraction of sp³-hybridized carbons (Fsp3) is 0.304. The molecule has 0 radical (unpaired) electrons. The van der Waals surface area contributed by atoms with Crippen molar-refractivity contribution in [2.24, 2.45) is 0 Å². The number of fused-ring (bicyclic) bond motifs is 1. The van der Waals surface area contributed by atoms with E-state index >= 15 is 0 Å². The molecule has 0 aliphatic rings. The van der Waals surface area contributed by atoms with E-state index < -0.39 is 11.9 Å². The summed E-state index contributed by atoms with van der Waals surface area (Å²) in [6.45, 7) is 3.83. The van der Waals surface area contributed by atoms with Gasteiger partial charge in [0.2, 0.25) is 0 Å². The maximum absolute atomic E-state index is 13.3. The van der Waals surface area contributed by atoms with E-state index in [0.29, 0.717) is 39.2 Å². The number of hydrogen-bond acceptors (Lipinski definition) is 3. The molecule has 1 heterocycles. The van der Waals surface area contributed by atoms with Crippen molar-refractivity contribution >= 4 is 34.4 Å². The van der Waals surface area contributed by atoms with Gasteiger partial charge in [0.25, 0.3) is 5.91 Å². The molecule has 0 unspecified atom stereocenters. The quantitative estimate of drug-likeness (QED) is 0.483. The molecular formula is C23H24ClNO4. The largest absolute Gasteiger partial charge is 0.508 e. The summed E-state index contributed by atoms with van der Waals surface area (Å²) in [5, 5.41) is 21.0. The highest BCUT2D eigenvalue weighted by Crippen LogP contribution is 2.37. The van der Waals surface area contributed by atoms with Crippen LogP contribution in [0.1, 0.15) is 60.1 Å². The maximum Gasteiger partial charge on any atom is 0.311 e. The molecular weight excluding hydrogens is 390 g/mol. The molecule has 1 atom stereocenters. The first kappa shape index (κ1) is 20.9. The van der Waals surface area contributed by atoms with Crippen LogP contribution in [0, 0.1) is 6.92 Å². The SMILES string of the molecule is CCCCC[C@@H](C(=O)O)c1c(C)n(C(=O)c2ccc(Cl)cc2)c2ccc(O)cc12. The van der Waals surface area contributed by atoms with Gasteiger partial charge in [-0.2, -0.15) is 0 Å². The van der Waals surface area contributed by atoms with Crippen molar-refractivity contribution in [1.82, 2.24) is 4.57 Å². The van der Waals surface area contributed by atoms with E-state index in [4.69, 9.17) is 11.6 Å². The Morgan fingerprint density at radius 2 is 1.79 bits per heavy atom. The van der Waals surface area contributed by atoms with Gasteiger partial charge >= 0.3 is 5.97 Å². The minimum Gasteiger partial charge on any atom is -0.508 e. The van der Waals surface area contributed by atoms with Crippen molar-refractivity contribution in [3.63, 3.8) is 0 Å². The molecule has 3 rings (SSSR count). The van der Waals surface area contributed by atoms with Crippen LogP contribution in [-0.2, 0) is 4.79 Å². The molecule has 0 aliphatic heterocycles. The van der Waals surface area contributed by atoms with Crippen molar-refractivity contribution < 1.29 is 19.8 Å². The lowest BCUT2D eigenvalue weighted by Crippen LogP contribution is -2.16. The summed E-state index contributed by atoms with van der Waals surface area (Å²) in [6, 6.07) is 11.3. The van der Waals surface area contributed by atoms with Gasteiger partial charge in [-0.25, -0.2) is 0 Å². The molecule has 0 aliphatic carbocycles. The van der Waals surface area contributed by atoms with Gasteiger partial charge in [0, 0.05) is 21.7 Å². The number of benzene rings is 2. The molecule has 0 fully saturated rings. The van der Waals surface area contributed by atoms with Gasteiger partial charge in [0.05, 0.1) is 11.4 Å². The number of carboxylic acids is 1. The van der Waals surface area contributed by atoms with Crippen molar-refractivity contribution in [3.05, 3.63) is 64.3 Å². The zero-order valence-electron chi connectivity index (χ0n) is 16.5. The van der Waals surface area contributed by atoms with Crippen LogP contribution in [0.2, 0.25) is 5.02 Å². The predicted octanol–water partition coefficient (Wildman–Crippen LogP) is 5.75. The van der Waals surface area contributed by atoms with Gasteiger partial charge in [-0.3, -0.25) is 14.2 Å². The number of carbonyl (C=O) groups excluding carboxylic acids is 1. The summed E-state index contributed by atoms with van der Waals surface area (Å²) >= 11 is 5.94. The number of carbonyl (C=O) groups is 2. The molecule has 3 aromatic rings. The Balaban J connectivity index is 2.19. The van der Waals surface area contributed by atoms with Gasteiger partial charge in [-0.15, -0.1) is 0 Å². The smallest absolute Gasteiger partial charge is 0.311 e. The van der Waals surface area contributed by atoms with Gasteiger partial charge in [-0.1, -0.05) is 37.8 Å². The van der Waals surface area contributed by atoms with Crippen molar-refractivity contribution in [2.75, 3.05) is 0 Å². The lowest BCUT2D eigenvalue weighted by molar-refractivity contribution is -0.139. The molecule has 2 aromatic carbocycles. The van der Waals surface area contributed by atoms with Crippen LogP contribution < -0.4 is 0 Å². The van der Waals surface area contributed by atoms with Crippen molar-refractivity contribution in [1.29, 1.82) is 0 Å². The summed E-state index contributed by atoms with van der Waals surface area (Å²) in [6.07, 6.45) is 3.19. The number of unbranched alkanes of at least 4 members (excludes halogenated alkanes) is 2. The molecule has 0 spiro atoms. The Hall–Kier alpha value is -2.79. The maximum atomic E-state index is 13.3. The summed E-state index contributed by atoms with van der Waals surface area (Å²) in [4.78, 5) is 25.3. The summed E-state index contributed by atoms with van der Waals surface area (Å²) < 4.78 is 1.53. The third-order valence-corrected chi connectivity index (χ3v) is 5.53. The molecule has 0 saturated carbocycles. The van der Waals surface area contributed by atoms with E-state index in [1.807, 2.05) is 0 Å². The number of rotatable bonds is 7. The molecule has 0 saturated heterocycles. The molecule has 1 aromatic heterocycles. The number of hydrogen-bond donors (Lipinski definition) is 2. The van der Waals surface area contributed by atoms with Crippen LogP contribution in [-0.4, -0.2) is 26.7 Å². The first-order valence-corrected chi connectivity index (χ1v) is 10.1. The highest BCUT2D eigenvalue weighted by Gasteiger charge is 2.29. The molecule has 5 nitrogen and oxygen atoms in total. The highest BCUT2D eigenvalue weighted by atomic mass is 35.5. The molecule has 152 valence electrons. The molecule has 2 N–H and O–H groups in total. The Morgan fingerprint density at radius 3 is 2.41 bits per heavy atom.